The van der Waals surface area contributed by atoms with E-state index in [0.29, 0.717) is 5.04 Å². The highest BCUT2D eigenvalue weighted by molar-refractivity contribution is 8.15. The fourth-order valence-electron chi connectivity index (χ4n) is 4.22. The van der Waals surface area contributed by atoms with E-state index in [4.69, 9.17) is 5.10 Å². The molecule has 3 aromatic rings. The van der Waals surface area contributed by atoms with Crippen molar-refractivity contribution >= 4 is 45.3 Å². The van der Waals surface area contributed by atoms with E-state index in [0.717, 1.165) is 28.6 Å². The summed E-state index contributed by atoms with van der Waals surface area (Å²) in [6.45, 7) is 3.73. The van der Waals surface area contributed by atoms with Crippen LogP contribution in [0.4, 0.5) is 22.7 Å². The molecule has 0 saturated carbocycles. The van der Waals surface area contributed by atoms with Crippen molar-refractivity contribution in [3.63, 3.8) is 0 Å². The molecule has 1 spiro atoms. The van der Waals surface area contributed by atoms with Gasteiger partial charge >= 0.3 is 5.69 Å². The number of nitrogens with zero attached hydrogens (tertiary/aromatic N) is 6. The highest BCUT2D eigenvalue weighted by atomic mass is 32.2. The average Bonchev–Trinajstić information content (AvgIpc) is 3.18. The van der Waals surface area contributed by atoms with Gasteiger partial charge in [0, 0.05) is 17.2 Å². The minimum absolute atomic E-state index is 0.130. The molecule has 11 heteroatoms. The van der Waals surface area contributed by atoms with Crippen LogP contribution >= 0.6 is 11.8 Å². The molecule has 10 nitrogen and oxygen atoms in total. The van der Waals surface area contributed by atoms with Crippen molar-refractivity contribution in [3.05, 3.63) is 104 Å². The Balaban J connectivity index is 1.81. The fraction of sp³-hybridized carbons (Fsp3) is 0.130. The predicted molar refractivity (Wildman–Crippen MR) is 132 cm³/mol. The van der Waals surface area contributed by atoms with Crippen molar-refractivity contribution in [2.75, 3.05) is 10.0 Å². The van der Waals surface area contributed by atoms with Crippen LogP contribution in [-0.2, 0) is 4.99 Å². The first-order valence-electron chi connectivity index (χ1n) is 10.3. The normalized spacial score (nSPS) is 19.0. The molecule has 0 N–H and O–H groups in total. The number of non-ortho nitro benzene ring substituents is 1. The standard InChI is InChI=1S/C23H18N6O4S/c1-15-19-10-6-7-11-20(19)23(26(24-15)17-8-4-3-5-9-17)27(25-16(2)34-23)21-13-12-18(28(30)31)14-22(21)29(32)33/h3-14H,1-2H3/t23-/m0/s1. The van der Waals surface area contributed by atoms with Gasteiger partial charge in [-0.15, -0.1) is 0 Å². The number of benzene rings is 3. The van der Waals surface area contributed by atoms with Crippen LogP contribution in [0.5, 0.6) is 0 Å². The van der Waals surface area contributed by atoms with Crippen molar-refractivity contribution in [1.82, 2.24) is 0 Å². The van der Waals surface area contributed by atoms with Gasteiger partial charge in [-0.05, 0) is 43.8 Å². The lowest BCUT2D eigenvalue weighted by molar-refractivity contribution is -0.393. The predicted octanol–water partition coefficient (Wildman–Crippen LogP) is 5.44. The van der Waals surface area contributed by atoms with E-state index < -0.39 is 20.5 Å². The molecule has 0 fully saturated rings. The van der Waals surface area contributed by atoms with Gasteiger partial charge < -0.3 is 0 Å². The third kappa shape index (κ3) is 3.20. The molecule has 2 heterocycles. The molecular weight excluding hydrogens is 456 g/mol. The Kier molecular flexibility index (Phi) is 5.05. The van der Waals surface area contributed by atoms with Crippen molar-refractivity contribution in [3.8, 4) is 0 Å². The second-order valence-corrected chi connectivity index (χ2v) is 9.07. The molecule has 0 aromatic heterocycles. The van der Waals surface area contributed by atoms with Crippen molar-refractivity contribution in [2.24, 2.45) is 10.2 Å². The molecule has 2 aliphatic rings. The number of para-hydroxylation sites is 1. The molecule has 3 aromatic carbocycles. The molecule has 0 aliphatic carbocycles. The highest BCUT2D eigenvalue weighted by Gasteiger charge is 2.55. The lowest BCUT2D eigenvalue weighted by Crippen LogP contribution is -2.53. The van der Waals surface area contributed by atoms with Crippen LogP contribution in [0.2, 0.25) is 0 Å². The topological polar surface area (TPSA) is 117 Å². The van der Waals surface area contributed by atoms with E-state index in [1.54, 1.807) is 10.0 Å². The zero-order valence-electron chi connectivity index (χ0n) is 18.2. The Morgan fingerprint density at radius 1 is 0.853 bits per heavy atom. The number of thioether (sulfide) groups is 1. The Hall–Kier alpha value is -4.25. The summed E-state index contributed by atoms with van der Waals surface area (Å²) >= 11 is 1.41. The third-order valence-electron chi connectivity index (χ3n) is 5.62. The van der Waals surface area contributed by atoms with Crippen LogP contribution in [0.3, 0.4) is 0 Å². The van der Waals surface area contributed by atoms with E-state index in [1.165, 1.54) is 23.9 Å². The number of hydrazone groups is 2. The van der Waals surface area contributed by atoms with Crippen LogP contribution in [0.15, 0.2) is 83.0 Å². The zero-order chi connectivity index (χ0) is 24.0. The summed E-state index contributed by atoms with van der Waals surface area (Å²) in [6, 6.07) is 20.8. The van der Waals surface area contributed by atoms with Crippen molar-refractivity contribution < 1.29 is 9.85 Å². The minimum Gasteiger partial charge on any atom is -0.258 e. The Bertz CT molecular complexity index is 1390. The molecule has 0 saturated heterocycles. The quantitative estimate of drug-likeness (QED) is 0.365. The third-order valence-corrected chi connectivity index (χ3v) is 6.85. The monoisotopic (exact) mass is 474 g/mol. The molecule has 2 aliphatic heterocycles. The first-order chi connectivity index (χ1) is 16.3. The molecular formula is C23H18N6O4S. The van der Waals surface area contributed by atoms with Crippen LogP contribution in [0.25, 0.3) is 0 Å². The van der Waals surface area contributed by atoms with Gasteiger partial charge in [0.05, 0.1) is 32.4 Å². The van der Waals surface area contributed by atoms with Crippen molar-refractivity contribution in [2.45, 2.75) is 18.8 Å². The maximum atomic E-state index is 12.0. The number of nitro groups is 2. The zero-order valence-corrected chi connectivity index (χ0v) is 19.0. The van der Waals surface area contributed by atoms with Gasteiger partial charge in [-0.1, -0.05) is 42.5 Å². The second kappa shape index (κ2) is 7.96. The summed E-state index contributed by atoms with van der Waals surface area (Å²) < 4.78 is 0. The number of rotatable bonds is 4. The molecule has 1 atom stereocenters. The van der Waals surface area contributed by atoms with E-state index in [1.807, 2.05) is 68.4 Å². The number of fused-ring (bicyclic) bond motifs is 2. The van der Waals surface area contributed by atoms with Gasteiger partial charge in [-0.3, -0.25) is 20.2 Å². The smallest absolute Gasteiger partial charge is 0.258 e. The first kappa shape index (κ1) is 21.6. The van der Waals surface area contributed by atoms with Gasteiger partial charge in [0.1, 0.15) is 5.69 Å². The molecule has 170 valence electrons. The molecule has 0 unspecified atom stereocenters. The van der Waals surface area contributed by atoms with Crippen LogP contribution in [0, 0.1) is 20.2 Å². The summed E-state index contributed by atoms with van der Waals surface area (Å²) in [5, 5.41) is 36.9. The molecule has 34 heavy (non-hydrogen) atoms. The number of hydrogen-bond acceptors (Lipinski definition) is 9. The largest absolute Gasteiger partial charge is 0.301 e. The first-order valence-corrected chi connectivity index (χ1v) is 11.1. The van der Waals surface area contributed by atoms with Gasteiger partial charge in [-0.2, -0.15) is 10.2 Å². The lowest BCUT2D eigenvalue weighted by Gasteiger charge is -2.46. The molecule has 0 bridgehead atoms. The van der Waals surface area contributed by atoms with E-state index >= 15 is 0 Å². The van der Waals surface area contributed by atoms with Crippen molar-refractivity contribution in [1.29, 1.82) is 0 Å². The SMILES string of the molecule is CC1=NN(c2ccc([N+](=O)[O-])cc2[N+](=O)[O-])[C@]2(S1)c1ccccc1C(C)=NN2c1ccccc1. The summed E-state index contributed by atoms with van der Waals surface area (Å²) in [6.07, 6.45) is 0. The second-order valence-electron chi connectivity index (χ2n) is 7.71. The molecule has 0 amide bonds. The van der Waals surface area contributed by atoms with Crippen LogP contribution in [0.1, 0.15) is 25.0 Å². The van der Waals surface area contributed by atoms with Gasteiger partial charge in [0.2, 0.25) is 4.99 Å². The Labute approximate surface area is 198 Å². The number of hydrogen-bond donors (Lipinski definition) is 0. The van der Waals surface area contributed by atoms with E-state index in [9.17, 15) is 20.2 Å². The maximum absolute atomic E-state index is 12.0. The fourth-order valence-corrected chi connectivity index (χ4v) is 5.50. The molecule has 5 rings (SSSR count). The van der Waals surface area contributed by atoms with Gasteiger partial charge in [0.25, 0.3) is 5.69 Å². The lowest BCUT2D eigenvalue weighted by atomic mass is 9.98. The van der Waals surface area contributed by atoms with Gasteiger partial charge in [0.15, 0.2) is 0 Å². The summed E-state index contributed by atoms with van der Waals surface area (Å²) in [7, 11) is 0. The minimum atomic E-state index is -1.12. The summed E-state index contributed by atoms with van der Waals surface area (Å²) in [5.41, 5.74) is 2.65. The Morgan fingerprint density at radius 3 is 2.26 bits per heavy atom. The maximum Gasteiger partial charge on any atom is 0.301 e. The van der Waals surface area contributed by atoms with Crippen LogP contribution < -0.4 is 10.0 Å². The van der Waals surface area contributed by atoms with Gasteiger partial charge in [-0.25, -0.2) is 10.0 Å². The number of anilines is 2. The summed E-state index contributed by atoms with van der Waals surface area (Å²) in [5.74, 6) is 0. The van der Waals surface area contributed by atoms with Crippen LogP contribution in [-0.4, -0.2) is 20.6 Å². The summed E-state index contributed by atoms with van der Waals surface area (Å²) in [4.78, 5) is 20.9. The molecule has 0 radical (unpaired) electrons. The number of nitro benzene ring substituents is 2. The van der Waals surface area contributed by atoms with E-state index in [2.05, 4.69) is 5.10 Å². The average molecular weight is 475 g/mol. The highest BCUT2D eigenvalue weighted by Crippen LogP contribution is 2.55. The van der Waals surface area contributed by atoms with E-state index in [-0.39, 0.29) is 11.4 Å². The Morgan fingerprint density at radius 2 is 1.56 bits per heavy atom.